The van der Waals surface area contributed by atoms with Gasteiger partial charge in [-0.3, -0.25) is 4.79 Å². The van der Waals surface area contributed by atoms with Gasteiger partial charge < -0.3 is 14.0 Å². The second-order valence-corrected chi connectivity index (χ2v) is 8.89. The van der Waals surface area contributed by atoms with Gasteiger partial charge in [0, 0.05) is 35.4 Å². The van der Waals surface area contributed by atoms with Crippen LogP contribution in [-0.2, 0) is 24.1 Å². The average molecular weight is 421 g/mol. The first-order chi connectivity index (χ1) is 13.7. The van der Waals surface area contributed by atoms with Gasteiger partial charge in [0.2, 0.25) is 0 Å². The molecule has 2 heterocycles. The molecule has 150 valence electrons. The van der Waals surface area contributed by atoms with Gasteiger partial charge in [-0.2, -0.15) is 4.99 Å². The zero-order chi connectivity index (χ0) is 19.5. The Hall–Kier alpha value is -1.63. The van der Waals surface area contributed by atoms with Gasteiger partial charge in [-0.05, 0) is 62.6 Å². The molecular formula is C21H25ClN2O3S. The smallest absolute Gasteiger partial charge is 0.283 e. The van der Waals surface area contributed by atoms with Crippen molar-refractivity contribution in [2.45, 2.75) is 45.1 Å². The van der Waals surface area contributed by atoms with Crippen molar-refractivity contribution >= 4 is 28.8 Å². The molecule has 1 fully saturated rings. The maximum Gasteiger partial charge on any atom is 0.283 e. The number of ether oxygens (including phenoxy) is 2. The number of aromatic nitrogens is 1. The molecule has 2 aromatic rings. The number of nitrogens with zero attached hydrogens (tertiary/aromatic N) is 2. The van der Waals surface area contributed by atoms with E-state index in [1.165, 1.54) is 23.4 Å². The SMILES string of the molecule is COc1ccc(Cl)cc1C(=O)/N=c1\sc2c(n1CC1CCOCC1)CCCC2. The number of benzene rings is 1. The first-order valence-electron chi connectivity index (χ1n) is 9.87. The molecule has 1 aromatic carbocycles. The van der Waals surface area contributed by atoms with Crippen molar-refractivity contribution < 1.29 is 14.3 Å². The number of rotatable bonds is 4. The van der Waals surface area contributed by atoms with E-state index in [1.807, 2.05) is 0 Å². The molecule has 0 unspecified atom stereocenters. The minimum absolute atomic E-state index is 0.307. The predicted molar refractivity (Wildman–Crippen MR) is 110 cm³/mol. The van der Waals surface area contributed by atoms with Crippen LogP contribution in [0.2, 0.25) is 5.02 Å². The van der Waals surface area contributed by atoms with Crippen LogP contribution in [0.4, 0.5) is 0 Å². The van der Waals surface area contributed by atoms with Crippen LogP contribution in [0.3, 0.4) is 0 Å². The molecule has 28 heavy (non-hydrogen) atoms. The molecule has 4 rings (SSSR count). The largest absolute Gasteiger partial charge is 0.496 e. The van der Waals surface area contributed by atoms with Crippen molar-refractivity contribution in [3.8, 4) is 5.75 Å². The highest BCUT2D eigenvalue weighted by atomic mass is 35.5. The normalized spacial score (nSPS) is 18.1. The molecule has 0 N–H and O–H groups in total. The molecule has 0 bridgehead atoms. The zero-order valence-electron chi connectivity index (χ0n) is 16.1. The third-order valence-corrected chi connectivity index (χ3v) is 6.95. The molecule has 1 amide bonds. The summed E-state index contributed by atoms with van der Waals surface area (Å²) in [6, 6.07) is 5.05. The van der Waals surface area contributed by atoms with E-state index in [-0.39, 0.29) is 5.91 Å². The second kappa shape index (κ2) is 8.80. The van der Waals surface area contributed by atoms with Crippen LogP contribution in [0, 0.1) is 5.92 Å². The van der Waals surface area contributed by atoms with Gasteiger partial charge in [0.25, 0.3) is 5.91 Å². The van der Waals surface area contributed by atoms with E-state index < -0.39 is 0 Å². The van der Waals surface area contributed by atoms with Gasteiger partial charge >= 0.3 is 0 Å². The molecule has 0 atom stereocenters. The lowest BCUT2D eigenvalue weighted by Crippen LogP contribution is -2.27. The number of hydrogen-bond acceptors (Lipinski definition) is 4. The second-order valence-electron chi connectivity index (χ2n) is 7.39. The highest BCUT2D eigenvalue weighted by Gasteiger charge is 2.22. The molecule has 0 saturated carbocycles. The summed E-state index contributed by atoms with van der Waals surface area (Å²) in [6.45, 7) is 2.55. The number of carbonyl (C=O) groups is 1. The van der Waals surface area contributed by atoms with Gasteiger partial charge in [-0.1, -0.05) is 11.6 Å². The summed E-state index contributed by atoms with van der Waals surface area (Å²) in [6.07, 6.45) is 6.69. The first-order valence-corrected chi connectivity index (χ1v) is 11.1. The topological polar surface area (TPSA) is 52.8 Å². The van der Waals surface area contributed by atoms with Crippen molar-refractivity contribution in [1.82, 2.24) is 4.57 Å². The first kappa shape index (κ1) is 19.7. The Morgan fingerprint density at radius 3 is 2.89 bits per heavy atom. The maximum atomic E-state index is 13.0. The van der Waals surface area contributed by atoms with Gasteiger partial charge in [0.1, 0.15) is 5.75 Å². The Balaban J connectivity index is 1.73. The van der Waals surface area contributed by atoms with Crippen molar-refractivity contribution in [2.24, 2.45) is 10.9 Å². The summed E-state index contributed by atoms with van der Waals surface area (Å²) in [5.41, 5.74) is 1.77. The lowest BCUT2D eigenvalue weighted by molar-refractivity contribution is 0.0607. The minimum atomic E-state index is -0.307. The molecule has 1 aliphatic carbocycles. The summed E-state index contributed by atoms with van der Waals surface area (Å²) in [4.78, 5) is 19.7. The van der Waals surface area contributed by atoms with Crippen LogP contribution in [0.15, 0.2) is 23.2 Å². The standard InChI is InChI=1S/C21H25ClN2O3S/c1-26-18-7-6-15(22)12-16(18)20(25)23-21-24(13-14-8-10-27-11-9-14)17-4-2-3-5-19(17)28-21/h6-7,12,14H,2-5,8-11,13H2,1H3/b23-21-. The van der Waals surface area contributed by atoms with E-state index in [0.29, 0.717) is 22.3 Å². The summed E-state index contributed by atoms with van der Waals surface area (Å²) >= 11 is 7.76. The predicted octanol–water partition coefficient (Wildman–Crippen LogP) is 4.26. The summed E-state index contributed by atoms with van der Waals surface area (Å²) < 4.78 is 13.1. The molecular weight excluding hydrogens is 396 g/mol. The molecule has 1 aromatic heterocycles. The van der Waals surface area contributed by atoms with E-state index in [0.717, 1.165) is 50.2 Å². The Morgan fingerprint density at radius 2 is 2.11 bits per heavy atom. The number of hydrogen-bond donors (Lipinski definition) is 0. The molecule has 1 aliphatic heterocycles. The summed E-state index contributed by atoms with van der Waals surface area (Å²) in [5, 5.41) is 0.500. The number of aryl methyl sites for hydroxylation is 1. The third-order valence-electron chi connectivity index (χ3n) is 5.53. The number of carbonyl (C=O) groups excluding carboxylic acids is 1. The van der Waals surface area contributed by atoms with Gasteiger partial charge in [0.15, 0.2) is 4.80 Å². The summed E-state index contributed by atoms with van der Waals surface area (Å²) in [5.74, 6) is 0.762. The highest BCUT2D eigenvalue weighted by molar-refractivity contribution is 7.09. The fourth-order valence-electron chi connectivity index (χ4n) is 3.99. The van der Waals surface area contributed by atoms with Crippen LogP contribution in [0.5, 0.6) is 5.75 Å². The van der Waals surface area contributed by atoms with Gasteiger partial charge in [-0.25, -0.2) is 0 Å². The van der Waals surface area contributed by atoms with E-state index >= 15 is 0 Å². The average Bonchev–Trinajstić information content (AvgIpc) is 3.06. The molecule has 2 aliphatic rings. The zero-order valence-corrected chi connectivity index (χ0v) is 17.7. The van der Waals surface area contributed by atoms with E-state index in [4.69, 9.17) is 21.1 Å². The number of fused-ring (bicyclic) bond motifs is 1. The number of methoxy groups -OCH3 is 1. The lowest BCUT2D eigenvalue weighted by Gasteiger charge is -2.24. The van der Waals surface area contributed by atoms with Crippen LogP contribution < -0.4 is 9.54 Å². The van der Waals surface area contributed by atoms with Crippen LogP contribution in [0.1, 0.15) is 46.6 Å². The van der Waals surface area contributed by atoms with Crippen LogP contribution in [0.25, 0.3) is 0 Å². The quantitative estimate of drug-likeness (QED) is 0.742. The lowest BCUT2D eigenvalue weighted by atomic mass is 9.99. The van der Waals surface area contributed by atoms with Crippen molar-refractivity contribution in [2.75, 3.05) is 20.3 Å². The van der Waals surface area contributed by atoms with E-state index in [9.17, 15) is 4.79 Å². The summed E-state index contributed by atoms with van der Waals surface area (Å²) in [7, 11) is 1.55. The van der Waals surface area contributed by atoms with Crippen molar-refractivity contribution in [3.05, 3.63) is 44.2 Å². The molecule has 5 nitrogen and oxygen atoms in total. The van der Waals surface area contributed by atoms with Crippen LogP contribution >= 0.6 is 22.9 Å². The fourth-order valence-corrected chi connectivity index (χ4v) is 5.38. The maximum absolute atomic E-state index is 13.0. The minimum Gasteiger partial charge on any atom is -0.496 e. The highest BCUT2D eigenvalue weighted by Crippen LogP contribution is 2.27. The third kappa shape index (κ3) is 4.19. The Morgan fingerprint density at radius 1 is 1.32 bits per heavy atom. The van der Waals surface area contributed by atoms with Gasteiger partial charge in [0.05, 0.1) is 12.7 Å². The number of amides is 1. The van der Waals surface area contributed by atoms with Crippen molar-refractivity contribution in [3.63, 3.8) is 0 Å². The fraction of sp³-hybridized carbons (Fsp3) is 0.524. The Bertz CT molecular complexity index is 928. The Labute approximate surface area is 174 Å². The number of halogens is 1. The van der Waals surface area contributed by atoms with E-state index in [1.54, 1.807) is 36.6 Å². The van der Waals surface area contributed by atoms with E-state index in [2.05, 4.69) is 9.56 Å². The number of thiazole rings is 1. The van der Waals surface area contributed by atoms with Crippen molar-refractivity contribution in [1.29, 1.82) is 0 Å². The molecule has 7 heteroatoms. The molecule has 1 saturated heterocycles. The van der Waals surface area contributed by atoms with Crippen LogP contribution in [-0.4, -0.2) is 30.8 Å². The monoisotopic (exact) mass is 420 g/mol. The Kier molecular flexibility index (Phi) is 6.19. The van der Waals surface area contributed by atoms with Gasteiger partial charge in [-0.15, -0.1) is 11.3 Å². The molecule has 0 radical (unpaired) electrons. The molecule has 0 spiro atoms.